The molecule has 9 nitrogen and oxygen atoms in total. The fraction of sp³-hybridized carbons (Fsp3) is 0.167. The van der Waals surface area contributed by atoms with E-state index in [9.17, 15) is 19.7 Å². The number of carbonyl (C=O) groups is 2. The summed E-state index contributed by atoms with van der Waals surface area (Å²) >= 11 is 3.29. The number of fused-ring (bicyclic) bond motifs is 1. The zero-order valence-electron chi connectivity index (χ0n) is 11.2. The molecule has 10 heteroatoms. The van der Waals surface area contributed by atoms with E-state index >= 15 is 0 Å². The fourth-order valence-corrected chi connectivity index (χ4v) is 2.31. The smallest absolute Gasteiger partial charge is 0.294 e. The minimum atomic E-state index is -0.542. The van der Waals surface area contributed by atoms with Gasteiger partial charge < -0.3 is 9.88 Å². The SMILES string of the molecule is NNC(=O)CNC(=O)Cn1cc([N+](=O)[O-])c2ccc(Br)cc21. The van der Waals surface area contributed by atoms with E-state index in [1.54, 1.807) is 18.2 Å². The summed E-state index contributed by atoms with van der Waals surface area (Å²) in [7, 11) is 0. The fourth-order valence-electron chi connectivity index (χ4n) is 1.96. The molecular weight excluding hydrogens is 358 g/mol. The van der Waals surface area contributed by atoms with E-state index in [4.69, 9.17) is 5.84 Å². The van der Waals surface area contributed by atoms with Gasteiger partial charge in [0.05, 0.1) is 28.6 Å². The van der Waals surface area contributed by atoms with E-state index < -0.39 is 16.7 Å². The number of hydrazine groups is 1. The highest BCUT2D eigenvalue weighted by Gasteiger charge is 2.19. The number of benzene rings is 1. The number of carbonyl (C=O) groups excluding carboxylic acids is 2. The second-order valence-electron chi connectivity index (χ2n) is 4.41. The zero-order chi connectivity index (χ0) is 16.3. The number of rotatable bonds is 5. The molecular formula is C12H12BrN5O4. The van der Waals surface area contributed by atoms with Gasteiger partial charge in [-0.05, 0) is 18.2 Å². The molecule has 0 bridgehead atoms. The minimum Gasteiger partial charge on any atom is -0.345 e. The van der Waals surface area contributed by atoms with Crippen LogP contribution in [0.15, 0.2) is 28.9 Å². The Morgan fingerprint density at radius 2 is 2.09 bits per heavy atom. The van der Waals surface area contributed by atoms with Crippen LogP contribution in [0.25, 0.3) is 10.9 Å². The van der Waals surface area contributed by atoms with Gasteiger partial charge in [0.2, 0.25) is 5.91 Å². The molecule has 116 valence electrons. The summed E-state index contributed by atoms with van der Waals surface area (Å²) in [5, 5.41) is 13.9. The van der Waals surface area contributed by atoms with Crippen LogP contribution in [0, 0.1) is 10.1 Å². The lowest BCUT2D eigenvalue weighted by Gasteiger charge is -2.06. The van der Waals surface area contributed by atoms with E-state index in [2.05, 4.69) is 21.2 Å². The van der Waals surface area contributed by atoms with Gasteiger partial charge in [-0.15, -0.1) is 0 Å². The second kappa shape index (κ2) is 6.54. The van der Waals surface area contributed by atoms with Crippen molar-refractivity contribution in [3.05, 3.63) is 39.0 Å². The Bertz CT molecular complexity index is 757. The first-order valence-corrected chi connectivity index (χ1v) is 6.90. The third-order valence-electron chi connectivity index (χ3n) is 2.94. The van der Waals surface area contributed by atoms with Crippen LogP contribution in [0.2, 0.25) is 0 Å². The quantitative estimate of drug-likeness (QED) is 0.304. The van der Waals surface area contributed by atoms with Crippen LogP contribution in [0.1, 0.15) is 0 Å². The Morgan fingerprint density at radius 3 is 2.73 bits per heavy atom. The van der Waals surface area contributed by atoms with E-state index in [1.807, 2.05) is 5.43 Å². The van der Waals surface area contributed by atoms with Crippen LogP contribution in [-0.4, -0.2) is 27.8 Å². The highest BCUT2D eigenvalue weighted by Crippen LogP contribution is 2.30. The Morgan fingerprint density at radius 1 is 1.36 bits per heavy atom. The summed E-state index contributed by atoms with van der Waals surface area (Å²) in [6, 6.07) is 4.97. The summed E-state index contributed by atoms with van der Waals surface area (Å²) in [5.41, 5.74) is 2.34. The number of nitro groups is 1. The number of hydrogen-bond donors (Lipinski definition) is 3. The van der Waals surface area contributed by atoms with Crippen molar-refractivity contribution in [3.8, 4) is 0 Å². The number of nitrogens with zero attached hydrogens (tertiary/aromatic N) is 2. The normalized spacial score (nSPS) is 10.5. The number of nitrogens with one attached hydrogen (secondary N) is 2. The van der Waals surface area contributed by atoms with E-state index in [0.717, 1.165) is 4.47 Å². The van der Waals surface area contributed by atoms with Crippen molar-refractivity contribution in [3.63, 3.8) is 0 Å². The molecule has 0 unspecified atom stereocenters. The summed E-state index contributed by atoms with van der Waals surface area (Å²) in [4.78, 5) is 33.3. The Balaban J connectivity index is 2.27. The summed E-state index contributed by atoms with van der Waals surface area (Å²) in [5.74, 6) is 3.90. The monoisotopic (exact) mass is 369 g/mol. The molecule has 0 fully saturated rings. The molecule has 1 aromatic heterocycles. The molecule has 2 aromatic rings. The lowest BCUT2D eigenvalue weighted by atomic mass is 10.2. The highest BCUT2D eigenvalue weighted by atomic mass is 79.9. The van der Waals surface area contributed by atoms with Gasteiger partial charge in [-0.2, -0.15) is 0 Å². The maximum atomic E-state index is 11.8. The number of aromatic nitrogens is 1. The number of halogens is 1. The molecule has 2 rings (SSSR count). The van der Waals surface area contributed by atoms with Gasteiger partial charge >= 0.3 is 0 Å². The van der Waals surface area contributed by atoms with E-state index in [0.29, 0.717) is 10.9 Å². The lowest BCUT2D eigenvalue weighted by Crippen LogP contribution is -2.41. The summed E-state index contributed by atoms with van der Waals surface area (Å²) in [6.07, 6.45) is 1.29. The minimum absolute atomic E-state index is 0.0880. The first kappa shape index (κ1) is 15.9. The highest BCUT2D eigenvalue weighted by molar-refractivity contribution is 9.10. The lowest BCUT2D eigenvalue weighted by molar-refractivity contribution is -0.383. The molecule has 0 saturated carbocycles. The van der Waals surface area contributed by atoms with Gasteiger partial charge in [0.15, 0.2) is 0 Å². The van der Waals surface area contributed by atoms with Crippen molar-refractivity contribution < 1.29 is 14.5 Å². The average molecular weight is 370 g/mol. The summed E-state index contributed by atoms with van der Waals surface area (Å²) in [6.45, 7) is -0.418. The van der Waals surface area contributed by atoms with Crippen molar-refractivity contribution in [2.45, 2.75) is 6.54 Å². The van der Waals surface area contributed by atoms with Crippen LogP contribution in [0.3, 0.4) is 0 Å². The van der Waals surface area contributed by atoms with Crippen molar-refractivity contribution in [1.82, 2.24) is 15.3 Å². The van der Waals surface area contributed by atoms with Crippen LogP contribution in [0.4, 0.5) is 5.69 Å². The zero-order valence-corrected chi connectivity index (χ0v) is 12.8. The van der Waals surface area contributed by atoms with Crippen LogP contribution < -0.4 is 16.6 Å². The third-order valence-corrected chi connectivity index (χ3v) is 3.43. The van der Waals surface area contributed by atoms with Crippen molar-refractivity contribution in [1.29, 1.82) is 0 Å². The first-order valence-electron chi connectivity index (χ1n) is 6.11. The van der Waals surface area contributed by atoms with Crippen LogP contribution in [0.5, 0.6) is 0 Å². The standard InChI is InChI=1S/C12H12BrN5O4/c13-7-1-2-8-9(3-7)17(5-10(8)18(21)22)6-12(20)15-4-11(19)16-14/h1-3,5H,4,6,14H2,(H,15,20)(H,16,19). The Labute approximate surface area is 132 Å². The predicted octanol–water partition coefficient (Wildman–Crippen LogP) is 0.418. The molecule has 0 atom stereocenters. The van der Waals surface area contributed by atoms with Crippen molar-refractivity contribution in [2.75, 3.05) is 6.54 Å². The molecule has 0 spiro atoms. The van der Waals surface area contributed by atoms with Gasteiger partial charge in [-0.1, -0.05) is 15.9 Å². The van der Waals surface area contributed by atoms with Gasteiger partial charge in [0.25, 0.3) is 11.6 Å². The van der Waals surface area contributed by atoms with Crippen molar-refractivity contribution >= 4 is 44.3 Å². The number of nitrogens with two attached hydrogens (primary N) is 1. The largest absolute Gasteiger partial charge is 0.345 e. The molecule has 0 aliphatic heterocycles. The van der Waals surface area contributed by atoms with Gasteiger partial charge in [-0.25, -0.2) is 5.84 Å². The molecule has 0 radical (unpaired) electrons. The second-order valence-corrected chi connectivity index (χ2v) is 5.32. The maximum absolute atomic E-state index is 11.8. The third kappa shape index (κ3) is 3.40. The Kier molecular flexibility index (Phi) is 4.73. The van der Waals surface area contributed by atoms with E-state index in [-0.39, 0.29) is 18.8 Å². The Hall–Kier alpha value is -2.46. The van der Waals surface area contributed by atoms with Gasteiger partial charge in [0, 0.05) is 4.47 Å². The molecule has 22 heavy (non-hydrogen) atoms. The van der Waals surface area contributed by atoms with Crippen LogP contribution in [-0.2, 0) is 16.1 Å². The predicted molar refractivity (Wildman–Crippen MR) is 81.6 cm³/mol. The molecule has 1 aromatic carbocycles. The topological polar surface area (TPSA) is 132 Å². The molecule has 0 aliphatic carbocycles. The van der Waals surface area contributed by atoms with E-state index in [1.165, 1.54) is 10.8 Å². The molecule has 4 N–H and O–H groups in total. The molecule has 0 saturated heterocycles. The molecule has 2 amide bonds. The van der Waals surface area contributed by atoms with Crippen molar-refractivity contribution in [2.24, 2.45) is 5.84 Å². The molecule has 0 aliphatic rings. The maximum Gasteiger partial charge on any atom is 0.294 e. The first-order chi connectivity index (χ1) is 10.4. The van der Waals surface area contributed by atoms with Crippen LogP contribution >= 0.6 is 15.9 Å². The van der Waals surface area contributed by atoms with Gasteiger partial charge in [0.1, 0.15) is 6.54 Å². The average Bonchev–Trinajstić information content (AvgIpc) is 2.83. The summed E-state index contributed by atoms with van der Waals surface area (Å²) < 4.78 is 2.19. The number of amides is 2. The van der Waals surface area contributed by atoms with Gasteiger partial charge in [-0.3, -0.25) is 25.1 Å². The number of hydrogen-bond acceptors (Lipinski definition) is 5. The molecule has 1 heterocycles.